The molecular weight excluding hydrogens is 156 g/mol. The predicted molar refractivity (Wildman–Crippen MR) is 62.0 cm³/mol. The van der Waals surface area contributed by atoms with E-state index in [9.17, 15) is 0 Å². The van der Waals surface area contributed by atoms with Crippen molar-refractivity contribution in [2.45, 2.75) is 72.6 Å². The van der Waals surface area contributed by atoms with Gasteiger partial charge in [0.05, 0.1) is 0 Å². The molecule has 13 heavy (non-hydrogen) atoms. The van der Waals surface area contributed by atoms with Crippen LogP contribution in [0.1, 0.15) is 72.6 Å². The molecule has 0 atom stereocenters. The van der Waals surface area contributed by atoms with Crippen molar-refractivity contribution in [3.63, 3.8) is 0 Å². The van der Waals surface area contributed by atoms with Gasteiger partial charge < -0.3 is 0 Å². The highest BCUT2D eigenvalue weighted by Crippen LogP contribution is 2.21. The van der Waals surface area contributed by atoms with E-state index in [1.54, 1.807) is 11.1 Å². The summed E-state index contributed by atoms with van der Waals surface area (Å²) in [5.41, 5.74) is 3.44. The molecule has 0 aliphatic carbocycles. The molecule has 0 heteroatoms. The van der Waals surface area contributed by atoms with Gasteiger partial charge in [0.15, 0.2) is 0 Å². The summed E-state index contributed by atoms with van der Waals surface area (Å²) in [4.78, 5) is 0. The highest BCUT2D eigenvalue weighted by molar-refractivity contribution is 5.13. The second-order valence-electron chi connectivity index (χ2n) is 3.72. The summed E-state index contributed by atoms with van der Waals surface area (Å²) in [5.74, 6) is 0. The maximum Gasteiger partial charge on any atom is -0.0318 e. The predicted octanol–water partition coefficient (Wildman–Crippen LogP) is 5.09. The molecule has 0 spiro atoms. The smallest absolute Gasteiger partial charge is 0.0318 e. The summed E-state index contributed by atoms with van der Waals surface area (Å²) in [6.45, 7) is 9.14. The van der Waals surface area contributed by atoms with Gasteiger partial charge in [0.2, 0.25) is 0 Å². The van der Waals surface area contributed by atoms with Crippen LogP contribution in [0.25, 0.3) is 0 Å². The van der Waals surface area contributed by atoms with E-state index in [0.717, 1.165) is 0 Å². The minimum Gasteiger partial charge on any atom is -0.0716 e. The largest absolute Gasteiger partial charge is 0.0716 e. The molecule has 0 heterocycles. The fraction of sp³-hybridized carbons (Fsp3) is 0.846. The van der Waals surface area contributed by atoms with Gasteiger partial charge in [-0.3, -0.25) is 0 Å². The lowest BCUT2D eigenvalue weighted by Crippen LogP contribution is -1.90. The Kier molecular flexibility index (Phi) is 8.18. The van der Waals surface area contributed by atoms with Gasteiger partial charge in [0, 0.05) is 0 Å². The zero-order valence-electron chi connectivity index (χ0n) is 9.95. The molecule has 0 aliphatic heterocycles. The van der Waals surface area contributed by atoms with Gasteiger partial charge in [0.25, 0.3) is 0 Å². The lowest BCUT2D eigenvalue weighted by Gasteiger charge is -2.10. The molecule has 0 N–H and O–H groups in total. The van der Waals surface area contributed by atoms with Crippen LogP contribution in [0.2, 0.25) is 0 Å². The number of hydrogen-bond donors (Lipinski definition) is 0. The lowest BCUT2D eigenvalue weighted by atomic mass is 9.96. The van der Waals surface area contributed by atoms with Crippen molar-refractivity contribution in [2.75, 3.05) is 0 Å². The Bertz CT molecular complexity index is 136. The molecule has 0 saturated carbocycles. The quantitative estimate of drug-likeness (QED) is 0.380. The Morgan fingerprint density at radius 2 is 1.23 bits per heavy atom. The maximum atomic E-state index is 2.30. The second-order valence-corrected chi connectivity index (χ2v) is 3.72. The summed E-state index contributed by atoms with van der Waals surface area (Å²) in [5, 5.41) is 0. The van der Waals surface area contributed by atoms with Gasteiger partial charge in [0.1, 0.15) is 0 Å². The van der Waals surface area contributed by atoms with Crippen LogP contribution in [0.5, 0.6) is 0 Å². The highest BCUT2D eigenvalue weighted by atomic mass is 14.1. The average molecular weight is 182 g/mol. The van der Waals surface area contributed by atoms with Crippen LogP contribution in [-0.4, -0.2) is 0 Å². The molecule has 0 amide bonds. The van der Waals surface area contributed by atoms with E-state index in [1.807, 2.05) is 0 Å². The molecule has 0 aliphatic rings. The minimum absolute atomic E-state index is 1.26. The van der Waals surface area contributed by atoms with E-state index >= 15 is 0 Å². The van der Waals surface area contributed by atoms with Crippen LogP contribution >= 0.6 is 0 Å². The average Bonchev–Trinajstić information content (AvgIpc) is 2.17. The van der Waals surface area contributed by atoms with Crippen LogP contribution in [0.4, 0.5) is 0 Å². The van der Waals surface area contributed by atoms with Gasteiger partial charge in [-0.05, 0) is 32.1 Å². The molecule has 0 saturated heterocycles. The van der Waals surface area contributed by atoms with E-state index in [2.05, 4.69) is 27.7 Å². The summed E-state index contributed by atoms with van der Waals surface area (Å²) in [7, 11) is 0. The normalized spacial score (nSPS) is 10.2. The maximum absolute atomic E-state index is 2.30. The highest BCUT2D eigenvalue weighted by Gasteiger charge is 2.01. The second kappa shape index (κ2) is 8.34. The molecule has 0 radical (unpaired) electrons. The van der Waals surface area contributed by atoms with Crippen LogP contribution in [0, 0.1) is 0 Å². The topological polar surface area (TPSA) is 0 Å². The summed E-state index contributed by atoms with van der Waals surface area (Å²) in [6.07, 6.45) is 9.25. The third-order valence-electron chi connectivity index (χ3n) is 2.86. The first-order valence-electron chi connectivity index (χ1n) is 5.99. The minimum atomic E-state index is 1.26. The Balaban J connectivity index is 4.04. The first kappa shape index (κ1) is 12.7. The fourth-order valence-electron chi connectivity index (χ4n) is 1.94. The molecule has 0 aromatic rings. The number of hydrogen-bond acceptors (Lipinski definition) is 0. The van der Waals surface area contributed by atoms with Crippen LogP contribution in [0.3, 0.4) is 0 Å². The van der Waals surface area contributed by atoms with Crippen molar-refractivity contribution >= 4 is 0 Å². The van der Waals surface area contributed by atoms with Crippen molar-refractivity contribution in [3.8, 4) is 0 Å². The molecule has 0 aromatic carbocycles. The molecule has 0 rings (SSSR count). The zero-order valence-corrected chi connectivity index (χ0v) is 9.95. The Morgan fingerprint density at radius 3 is 1.62 bits per heavy atom. The molecule has 78 valence electrons. The van der Waals surface area contributed by atoms with Gasteiger partial charge in [-0.25, -0.2) is 0 Å². The fourth-order valence-corrected chi connectivity index (χ4v) is 1.94. The number of allylic oxidation sites excluding steroid dienone is 2. The molecular formula is C13H26. The van der Waals surface area contributed by atoms with Crippen molar-refractivity contribution in [1.82, 2.24) is 0 Å². The summed E-state index contributed by atoms with van der Waals surface area (Å²) < 4.78 is 0. The molecule has 0 aromatic heterocycles. The standard InChI is InChI=1S/C13H26/c1-5-9-10-11-13(8-4)12(6-2)7-3/h5-11H2,1-4H3. The van der Waals surface area contributed by atoms with E-state index in [1.165, 1.54) is 44.9 Å². The summed E-state index contributed by atoms with van der Waals surface area (Å²) in [6, 6.07) is 0. The van der Waals surface area contributed by atoms with E-state index in [-0.39, 0.29) is 0 Å². The summed E-state index contributed by atoms with van der Waals surface area (Å²) >= 11 is 0. The van der Waals surface area contributed by atoms with Crippen LogP contribution in [-0.2, 0) is 0 Å². The van der Waals surface area contributed by atoms with E-state index in [4.69, 9.17) is 0 Å². The zero-order chi connectivity index (χ0) is 10.1. The van der Waals surface area contributed by atoms with Crippen molar-refractivity contribution in [1.29, 1.82) is 0 Å². The third-order valence-corrected chi connectivity index (χ3v) is 2.86. The Labute approximate surface area is 84.4 Å². The van der Waals surface area contributed by atoms with Crippen molar-refractivity contribution < 1.29 is 0 Å². The molecule has 0 nitrogen and oxygen atoms in total. The SMILES string of the molecule is CCCCCC(CC)=C(CC)CC. The first-order valence-corrected chi connectivity index (χ1v) is 5.99. The number of unbranched alkanes of at least 4 members (excludes halogenated alkanes) is 2. The number of rotatable bonds is 7. The van der Waals surface area contributed by atoms with Gasteiger partial charge in [-0.2, -0.15) is 0 Å². The monoisotopic (exact) mass is 182 g/mol. The van der Waals surface area contributed by atoms with E-state index < -0.39 is 0 Å². The molecule has 0 bridgehead atoms. The van der Waals surface area contributed by atoms with Crippen molar-refractivity contribution in [3.05, 3.63) is 11.1 Å². The lowest BCUT2D eigenvalue weighted by molar-refractivity contribution is 0.690. The van der Waals surface area contributed by atoms with Crippen LogP contribution < -0.4 is 0 Å². The van der Waals surface area contributed by atoms with Gasteiger partial charge in [-0.1, -0.05) is 51.7 Å². The first-order chi connectivity index (χ1) is 6.29. The molecule has 0 fully saturated rings. The Morgan fingerprint density at radius 1 is 0.692 bits per heavy atom. The molecule has 0 unspecified atom stereocenters. The van der Waals surface area contributed by atoms with E-state index in [0.29, 0.717) is 0 Å². The van der Waals surface area contributed by atoms with Gasteiger partial charge in [-0.15, -0.1) is 0 Å². The van der Waals surface area contributed by atoms with Gasteiger partial charge >= 0.3 is 0 Å². The third kappa shape index (κ3) is 5.13. The van der Waals surface area contributed by atoms with Crippen LogP contribution in [0.15, 0.2) is 11.1 Å². The Hall–Kier alpha value is -0.260. The van der Waals surface area contributed by atoms with Crippen molar-refractivity contribution in [2.24, 2.45) is 0 Å².